The third-order valence-electron chi connectivity index (χ3n) is 5.13. The maximum Gasteiger partial charge on any atom is 0.255 e. The Morgan fingerprint density at radius 1 is 1.07 bits per heavy atom. The lowest BCUT2D eigenvalue weighted by Crippen LogP contribution is -2.34. The average Bonchev–Trinajstić information content (AvgIpc) is 3.11. The molecule has 0 aliphatic rings. The van der Waals surface area contributed by atoms with E-state index in [2.05, 4.69) is 5.32 Å². The minimum atomic E-state index is -0.200. The first kappa shape index (κ1) is 21.4. The van der Waals surface area contributed by atoms with Gasteiger partial charge in [0.1, 0.15) is 18.1 Å². The zero-order valence-electron chi connectivity index (χ0n) is 17.7. The Morgan fingerprint density at radius 2 is 1.77 bits per heavy atom. The van der Waals surface area contributed by atoms with Crippen LogP contribution in [0.1, 0.15) is 30.0 Å². The molecule has 2 amide bonds. The normalized spacial score (nSPS) is 10.8. The molecule has 0 aliphatic carbocycles. The summed E-state index contributed by atoms with van der Waals surface area (Å²) in [6, 6.07) is 14.9. The molecule has 0 atom stereocenters. The van der Waals surface area contributed by atoms with Gasteiger partial charge < -0.3 is 19.5 Å². The molecule has 7 nitrogen and oxygen atoms in total. The lowest BCUT2D eigenvalue weighted by molar-refractivity contribution is -0.131. The van der Waals surface area contributed by atoms with Crippen molar-refractivity contribution in [2.24, 2.45) is 0 Å². The highest BCUT2D eigenvalue weighted by molar-refractivity contribution is 5.96. The van der Waals surface area contributed by atoms with Crippen molar-refractivity contribution in [2.75, 3.05) is 26.7 Å². The first-order chi connectivity index (χ1) is 14.6. The van der Waals surface area contributed by atoms with E-state index in [4.69, 9.17) is 9.72 Å². The number of methoxy groups -OCH3 is 1. The first-order valence-electron chi connectivity index (χ1n) is 10.2. The lowest BCUT2D eigenvalue weighted by Gasteiger charge is -2.20. The van der Waals surface area contributed by atoms with E-state index in [1.165, 1.54) is 0 Å². The summed E-state index contributed by atoms with van der Waals surface area (Å²) in [5.74, 6) is 1.17. The Morgan fingerprint density at radius 3 is 2.50 bits per heavy atom. The highest BCUT2D eigenvalue weighted by Crippen LogP contribution is 2.18. The number of hydrogen-bond donors (Lipinski definition) is 1. The van der Waals surface area contributed by atoms with E-state index in [0.29, 0.717) is 37.4 Å². The fourth-order valence-electron chi connectivity index (χ4n) is 3.52. The van der Waals surface area contributed by atoms with Crippen molar-refractivity contribution < 1.29 is 14.3 Å². The molecule has 158 valence electrons. The van der Waals surface area contributed by atoms with Crippen LogP contribution < -0.4 is 10.1 Å². The van der Waals surface area contributed by atoms with Gasteiger partial charge in [-0.2, -0.15) is 0 Å². The predicted octanol–water partition coefficient (Wildman–Crippen LogP) is 2.89. The van der Waals surface area contributed by atoms with Crippen LogP contribution in [-0.2, 0) is 17.8 Å². The Kier molecular flexibility index (Phi) is 7.06. The van der Waals surface area contributed by atoms with Crippen molar-refractivity contribution in [3.05, 3.63) is 59.9 Å². The van der Waals surface area contributed by atoms with Crippen molar-refractivity contribution >= 4 is 22.8 Å². The number of carbonyl (C=O) groups excluding carboxylic acids is 2. The van der Waals surface area contributed by atoms with E-state index < -0.39 is 0 Å². The van der Waals surface area contributed by atoms with Crippen LogP contribution in [0.5, 0.6) is 5.75 Å². The molecule has 0 saturated carbocycles. The number of fused-ring (bicyclic) bond motifs is 1. The van der Waals surface area contributed by atoms with Crippen LogP contribution in [0, 0.1) is 0 Å². The van der Waals surface area contributed by atoms with Gasteiger partial charge in [-0.05, 0) is 38.1 Å². The number of nitrogens with one attached hydrogen (secondary N) is 1. The molecule has 0 fully saturated rings. The second-order valence-corrected chi connectivity index (χ2v) is 6.88. The third kappa shape index (κ3) is 4.62. The molecular weight excluding hydrogens is 380 g/mol. The summed E-state index contributed by atoms with van der Waals surface area (Å²) in [7, 11) is 1.54. The molecule has 1 N–H and O–H groups in total. The number of nitrogens with zero attached hydrogens (tertiary/aromatic N) is 3. The van der Waals surface area contributed by atoms with Crippen LogP contribution in [0.15, 0.2) is 48.5 Å². The quantitative estimate of drug-likeness (QED) is 0.591. The second kappa shape index (κ2) is 9.91. The predicted molar refractivity (Wildman–Crippen MR) is 117 cm³/mol. The molecule has 0 spiro atoms. The van der Waals surface area contributed by atoms with Crippen molar-refractivity contribution in [3.8, 4) is 5.75 Å². The summed E-state index contributed by atoms with van der Waals surface area (Å²) in [5, 5.41) is 2.92. The van der Waals surface area contributed by atoms with Gasteiger partial charge in [-0.3, -0.25) is 9.59 Å². The largest absolute Gasteiger partial charge is 0.496 e. The van der Waals surface area contributed by atoms with Crippen molar-refractivity contribution in [1.82, 2.24) is 19.8 Å². The van der Waals surface area contributed by atoms with Crippen molar-refractivity contribution in [1.29, 1.82) is 0 Å². The topological polar surface area (TPSA) is 76.5 Å². The Labute approximate surface area is 176 Å². The Hall–Kier alpha value is -3.35. The molecule has 7 heteroatoms. The van der Waals surface area contributed by atoms with Gasteiger partial charge in [-0.1, -0.05) is 24.3 Å². The van der Waals surface area contributed by atoms with E-state index >= 15 is 0 Å². The minimum absolute atomic E-state index is 0.0578. The summed E-state index contributed by atoms with van der Waals surface area (Å²) < 4.78 is 7.21. The SMILES string of the molecule is CCN(CC)C(=O)Cn1c(CCNC(=O)c2ccccc2OC)nc2ccccc21. The maximum atomic E-state index is 12.7. The zero-order chi connectivity index (χ0) is 21.5. The second-order valence-electron chi connectivity index (χ2n) is 6.88. The zero-order valence-corrected chi connectivity index (χ0v) is 17.7. The molecule has 1 heterocycles. The van der Waals surface area contributed by atoms with Gasteiger partial charge in [0, 0.05) is 26.1 Å². The third-order valence-corrected chi connectivity index (χ3v) is 5.13. The van der Waals surface area contributed by atoms with Gasteiger partial charge >= 0.3 is 0 Å². The molecular formula is C23H28N4O3. The summed E-state index contributed by atoms with van der Waals surface area (Å²) in [6.45, 7) is 5.93. The fourth-order valence-corrected chi connectivity index (χ4v) is 3.52. The van der Waals surface area contributed by atoms with Crippen LogP contribution in [-0.4, -0.2) is 53.0 Å². The van der Waals surface area contributed by atoms with Gasteiger partial charge in [0.25, 0.3) is 5.91 Å². The van der Waals surface area contributed by atoms with E-state index in [1.807, 2.05) is 53.6 Å². The number of para-hydroxylation sites is 3. The smallest absolute Gasteiger partial charge is 0.255 e. The summed E-state index contributed by atoms with van der Waals surface area (Å²) in [6.07, 6.45) is 0.515. The van der Waals surface area contributed by atoms with E-state index in [0.717, 1.165) is 16.9 Å². The number of benzene rings is 2. The summed E-state index contributed by atoms with van der Waals surface area (Å²) in [5.41, 5.74) is 2.25. The highest BCUT2D eigenvalue weighted by Gasteiger charge is 2.17. The molecule has 0 saturated heterocycles. The molecule has 0 bridgehead atoms. The van der Waals surface area contributed by atoms with Gasteiger partial charge in [0.15, 0.2) is 0 Å². The number of imidazole rings is 1. The average molecular weight is 409 g/mol. The number of aromatic nitrogens is 2. The number of likely N-dealkylation sites (N-methyl/N-ethyl adjacent to an activating group) is 1. The fraction of sp³-hybridized carbons (Fsp3) is 0.348. The van der Waals surface area contributed by atoms with Crippen LogP contribution in [0.4, 0.5) is 0 Å². The van der Waals surface area contributed by atoms with Crippen LogP contribution in [0.25, 0.3) is 11.0 Å². The molecule has 3 rings (SSSR count). The lowest BCUT2D eigenvalue weighted by atomic mass is 10.2. The Balaban J connectivity index is 1.75. The van der Waals surface area contributed by atoms with Gasteiger partial charge in [0.2, 0.25) is 5.91 Å². The molecule has 2 aromatic carbocycles. The number of amides is 2. The molecule has 30 heavy (non-hydrogen) atoms. The van der Waals surface area contributed by atoms with E-state index in [9.17, 15) is 9.59 Å². The van der Waals surface area contributed by atoms with Gasteiger partial charge in [-0.15, -0.1) is 0 Å². The number of carbonyl (C=O) groups is 2. The van der Waals surface area contributed by atoms with E-state index in [-0.39, 0.29) is 18.4 Å². The highest BCUT2D eigenvalue weighted by atomic mass is 16.5. The molecule has 3 aromatic rings. The minimum Gasteiger partial charge on any atom is -0.496 e. The van der Waals surface area contributed by atoms with E-state index in [1.54, 1.807) is 25.3 Å². The molecule has 0 aliphatic heterocycles. The summed E-state index contributed by atoms with van der Waals surface area (Å²) >= 11 is 0. The Bertz CT molecular complexity index is 1020. The van der Waals surface area contributed by atoms with Crippen molar-refractivity contribution in [2.45, 2.75) is 26.8 Å². The number of rotatable bonds is 9. The number of ether oxygens (including phenoxy) is 1. The number of hydrogen-bond acceptors (Lipinski definition) is 4. The van der Waals surface area contributed by atoms with Gasteiger partial charge in [-0.25, -0.2) is 4.98 Å². The molecule has 1 aromatic heterocycles. The first-order valence-corrected chi connectivity index (χ1v) is 10.2. The molecule has 0 unspecified atom stereocenters. The maximum absolute atomic E-state index is 12.7. The van der Waals surface area contributed by atoms with Gasteiger partial charge in [0.05, 0.1) is 23.7 Å². The van der Waals surface area contributed by atoms with Crippen LogP contribution >= 0.6 is 0 Å². The van der Waals surface area contributed by atoms with Crippen molar-refractivity contribution in [3.63, 3.8) is 0 Å². The van der Waals surface area contributed by atoms with Crippen LogP contribution in [0.3, 0.4) is 0 Å². The standard InChI is InChI=1S/C23H28N4O3/c1-4-26(5-2)22(28)16-27-19-12-8-7-11-18(19)25-21(27)14-15-24-23(29)17-10-6-9-13-20(17)30-3/h6-13H,4-5,14-16H2,1-3H3,(H,24,29). The monoisotopic (exact) mass is 408 g/mol. The molecule has 0 radical (unpaired) electrons. The van der Waals surface area contributed by atoms with Crippen LogP contribution in [0.2, 0.25) is 0 Å². The summed E-state index contributed by atoms with van der Waals surface area (Å²) in [4.78, 5) is 31.7.